The van der Waals surface area contributed by atoms with Crippen LogP contribution in [0.25, 0.3) is 0 Å². The second-order valence-electron chi connectivity index (χ2n) is 8.01. The molecular weight excluding hydrogens is 410 g/mol. The lowest BCUT2D eigenvalue weighted by molar-refractivity contribution is -0.153. The van der Waals surface area contributed by atoms with Crippen molar-refractivity contribution in [1.82, 2.24) is 0 Å². The van der Waals surface area contributed by atoms with Gasteiger partial charge in [0, 0.05) is 5.56 Å². The van der Waals surface area contributed by atoms with Gasteiger partial charge in [-0.05, 0) is 38.0 Å². The highest BCUT2D eigenvalue weighted by atomic mass is 16.6. The molecular formula is C25H25NO6. The third-order valence-corrected chi connectivity index (χ3v) is 6.01. The van der Waals surface area contributed by atoms with Gasteiger partial charge in [0.1, 0.15) is 0 Å². The van der Waals surface area contributed by atoms with Crippen molar-refractivity contribution in [2.24, 2.45) is 11.8 Å². The summed E-state index contributed by atoms with van der Waals surface area (Å²) < 4.78 is 10.6. The molecule has 7 nitrogen and oxygen atoms in total. The van der Waals surface area contributed by atoms with Crippen LogP contribution in [-0.2, 0) is 23.9 Å². The molecule has 0 N–H and O–H groups in total. The van der Waals surface area contributed by atoms with E-state index in [1.54, 1.807) is 49.4 Å². The molecule has 1 aliphatic carbocycles. The molecule has 1 saturated heterocycles. The molecule has 0 unspecified atom stereocenters. The van der Waals surface area contributed by atoms with E-state index in [9.17, 15) is 19.2 Å². The van der Waals surface area contributed by atoms with E-state index in [0.29, 0.717) is 24.1 Å². The van der Waals surface area contributed by atoms with Crippen molar-refractivity contribution in [2.75, 3.05) is 11.5 Å². The molecule has 166 valence electrons. The summed E-state index contributed by atoms with van der Waals surface area (Å²) in [7, 11) is 0. The molecule has 4 rings (SSSR count). The number of amides is 2. The number of anilines is 1. The molecule has 1 heterocycles. The molecule has 7 heteroatoms. The standard InChI is InChI=1S/C25H25NO6/c1-2-31-25(30)21(16-9-4-3-5-10-16)32-24(29)17-11-8-12-18(15-17)26-22(27)19-13-6-7-14-20(19)23(26)28/h3-5,8-12,15,19-21H,2,6-7,13-14H2,1H3/t19-,20-,21-/m1/s1. The first-order valence-corrected chi connectivity index (χ1v) is 10.9. The average Bonchev–Trinajstić information content (AvgIpc) is 3.08. The van der Waals surface area contributed by atoms with E-state index in [2.05, 4.69) is 0 Å². The Bertz CT molecular complexity index is 1010. The first kappa shape index (κ1) is 21.7. The normalized spacial score (nSPS) is 21.1. The fourth-order valence-corrected chi connectivity index (χ4v) is 4.46. The first-order chi connectivity index (χ1) is 15.5. The van der Waals surface area contributed by atoms with E-state index < -0.39 is 18.0 Å². The van der Waals surface area contributed by atoms with Gasteiger partial charge in [-0.15, -0.1) is 0 Å². The smallest absolute Gasteiger partial charge is 0.352 e. The minimum absolute atomic E-state index is 0.142. The maximum atomic E-state index is 12.9. The summed E-state index contributed by atoms with van der Waals surface area (Å²) in [4.78, 5) is 52.3. The number of carbonyl (C=O) groups is 4. The van der Waals surface area contributed by atoms with Gasteiger partial charge in [0.25, 0.3) is 0 Å². The maximum absolute atomic E-state index is 12.9. The van der Waals surface area contributed by atoms with Gasteiger partial charge in [-0.2, -0.15) is 0 Å². The van der Waals surface area contributed by atoms with Gasteiger partial charge in [-0.1, -0.05) is 49.2 Å². The molecule has 2 amide bonds. The summed E-state index contributed by atoms with van der Waals surface area (Å²) in [5.74, 6) is -2.39. The topological polar surface area (TPSA) is 90.0 Å². The van der Waals surface area contributed by atoms with E-state index in [1.807, 2.05) is 0 Å². The minimum Gasteiger partial charge on any atom is -0.463 e. The third-order valence-electron chi connectivity index (χ3n) is 6.01. The summed E-state index contributed by atoms with van der Waals surface area (Å²) in [5, 5.41) is 0. The number of imide groups is 1. The number of benzene rings is 2. The number of esters is 2. The molecule has 1 saturated carbocycles. The van der Waals surface area contributed by atoms with Crippen LogP contribution >= 0.6 is 0 Å². The molecule has 1 aliphatic heterocycles. The molecule has 2 aliphatic rings. The third kappa shape index (κ3) is 4.15. The van der Waals surface area contributed by atoms with Crippen LogP contribution in [0.3, 0.4) is 0 Å². The van der Waals surface area contributed by atoms with Gasteiger partial charge in [0.2, 0.25) is 17.9 Å². The summed E-state index contributed by atoms with van der Waals surface area (Å²) in [6.07, 6.45) is 2.09. The Hall–Kier alpha value is -3.48. The molecule has 2 aromatic rings. The number of fused-ring (bicyclic) bond motifs is 1. The number of rotatable bonds is 6. The molecule has 0 radical (unpaired) electrons. The molecule has 2 aromatic carbocycles. The zero-order valence-electron chi connectivity index (χ0n) is 17.9. The minimum atomic E-state index is -1.22. The lowest BCUT2D eigenvalue weighted by Crippen LogP contribution is -2.31. The highest BCUT2D eigenvalue weighted by molar-refractivity contribution is 6.22. The fourth-order valence-electron chi connectivity index (χ4n) is 4.46. The highest BCUT2D eigenvalue weighted by Crippen LogP contribution is 2.40. The van der Waals surface area contributed by atoms with Crippen molar-refractivity contribution >= 4 is 29.4 Å². The van der Waals surface area contributed by atoms with E-state index in [-0.39, 0.29) is 35.8 Å². The second-order valence-corrected chi connectivity index (χ2v) is 8.01. The highest BCUT2D eigenvalue weighted by Gasteiger charge is 2.48. The van der Waals surface area contributed by atoms with Crippen molar-refractivity contribution in [3.8, 4) is 0 Å². The van der Waals surface area contributed by atoms with Crippen LogP contribution in [-0.4, -0.2) is 30.4 Å². The Kier molecular flexibility index (Phi) is 6.35. The van der Waals surface area contributed by atoms with Crippen molar-refractivity contribution < 1.29 is 28.7 Å². The quantitative estimate of drug-likeness (QED) is 0.506. The Morgan fingerprint density at radius 2 is 1.62 bits per heavy atom. The molecule has 0 aromatic heterocycles. The monoisotopic (exact) mass is 435 g/mol. The van der Waals surface area contributed by atoms with Gasteiger partial charge in [0.05, 0.1) is 29.7 Å². The van der Waals surface area contributed by atoms with Gasteiger partial charge in [-0.25, -0.2) is 9.59 Å². The number of hydrogen-bond donors (Lipinski definition) is 0. The zero-order valence-corrected chi connectivity index (χ0v) is 17.9. The molecule has 0 bridgehead atoms. The number of nitrogens with zero attached hydrogens (tertiary/aromatic N) is 1. The SMILES string of the molecule is CCOC(=O)[C@H](OC(=O)c1cccc(N2C(=O)[C@@H]3CCCC[C@H]3C2=O)c1)c1ccccc1. The predicted molar refractivity (Wildman–Crippen MR) is 116 cm³/mol. The zero-order chi connectivity index (χ0) is 22.7. The predicted octanol–water partition coefficient (Wildman–Crippen LogP) is 3.83. The lowest BCUT2D eigenvalue weighted by Gasteiger charge is -2.19. The van der Waals surface area contributed by atoms with Crippen LogP contribution in [0, 0.1) is 11.8 Å². The fraction of sp³-hybridized carbons (Fsp3) is 0.360. The lowest BCUT2D eigenvalue weighted by atomic mass is 9.81. The van der Waals surface area contributed by atoms with E-state index in [0.717, 1.165) is 12.8 Å². The molecule has 3 atom stereocenters. The Balaban J connectivity index is 1.57. The number of carbonyl (C=O) groups excluding carboxylic acids is 4. The van der Waals surface area contributed by atoms with Crippen LogP contribution in [0.2, 0.25) is 0 Å². The summed E-state index contributed by atoms with van der Waals surface area (Å²) in [6, 6.07) is 14.8. The maximum Gasteiger partial charge on any atom is 0.352 e. The van der Waals surface area contributed by atoms with Gasteiger partial charge < -0.3 is 9.47 Å². The van der Waals surface area contributed by atoms with Gasteiger partial charge in [0.15, 0.2) is 0 Å². The van der Waals surface area contributed by atoms with Gasteiger partial charge in [-0.3, -0.25) is 14.5 Å². The Morgan fingerprint density at radius 3 is 2.25 bits per heavy atom. The summed E-state index contributed by atoms with van der Waals surface area (Å²) in [6.45, 7) is 1.82. The van der Waals surface area contributed by atoms with Crippen molar-refractivity contribution in [3.05, 3.63) is 65.7 Å². The van der Waals surface area contributed by atoms with Crippen LogP contribution in [0.4, 0.5) is 5.69 Å². The van der Waals surface area contributed by atoms with E-state index >= 15 is 0 Å². The van der Waals surface area contributed by atoms with Crippen molar-refractivity contribution in [3.63, 3.8) is 0 Å². The Labute approximate surface area is 186 Å². The number of hydrogen-bond acceptors (Lipinski definition) is 6. The van der Waals surface area contributed by atoms with Gasteiger partial charge >= 0.3 is 11.9 Å². The van der Waals surface area contributed by atoms with E-state index in [4.69, 9.17) is 9.47 Å². The van der Waals surface area contributed by atoms with Crippen LogP contribution < -0.4 is 4.90 Å². The van der Waals surface area contributed by atoms with Crippen molar-refractivity contribution in [2.45, 2.75) is 38.7 Å². The van der Waals surface area contributed by atoms with Crippen LogP contribution in [0.1, 0.15) is 54.6 Å². The average molecular weight is 435 g/mol. The van der Waals surface area contributed by atoms with Crippen LogP contribution in [0.5, 0.6) is 0 Å². The summed E-state index contributed by atoms with van der Waals surface area (Å²) >= 11 is 0. The number of ether oxygens (including phenoxy) is 2. The van der Waals surface area contributed by atoms with Crippen LogP contribution in [0.15, 0.2) is 54.6 Å². The first-order valence-electron chi connectivity index (χ1n) is 10.9. The molecule has 2 fully saturated rings. The molecule has 32 heavy (non-hydrogen) atoms. The second kappa shape index (κ2) is 9.34. The Morgan fingerprint density at radius 1 is 0.969 bits per heavy atom. The largest absolute Gasteiger partial charge is 0.463 e. The van der Waals surface area contributed by atoms with Crippen molar-refractivity contribution in [1.29, 1.82) is 0 Å². The van der Waals surface area contributed by atoms with E-state index in [1.165, 1.54) is 17.0 Å². The summed E-state index contributed by atoms with van der Waals surface area (Å²) in [5.41, 5.74) is 0.976. The molecule has 0 spiro atoms.